The van der Waals surface area contributed by atoms with Crippen LogP contribution in [0.3, 0.4) is 0 Å². The Morgan fingerprint density at radius 2 is 1.76 bits per heavy atom. The van der Waals surface area contributed by atoms with Gasteiger partial charge in [0, 0.05) is 18.7 Å². The highest BCUT2D eigenvalue weighted by molar-refractivity contribution is 6.01. The largest absolute Gasteiger partial charge is 0.478 e. The van der Waals surface area contributed by atoms with Gasteiger partial charge in [0.15, 0.2) is 5.69 Å². The Hall–Kier alpha value is -4.00. The zero-order chi connectivity index (χ0) is 27.8. The van der Waals surface area contributed by atoms with Crippen LogP contribution in [0.25, 0.3) is 0 Å². The molecule has 0 spiro atoms. The second-order valence-electron chi connectivity index (χ2n) is 8.87. The quantitative estimate of drug-likeness (QED) is 0.371. The Morgan fingerprint density at radius 1 is 1.08 bits per heavy atom. The molecule has 38 heavy (non-hydrogen) atoms. The second kappa shape index (κ2) is 10.0. The van der Waals surface area contributed by atoms with Gasteiger partial charge in [-0.3, -0.25) is 4.79 Å². The van der Waals surface area contributed by atoms with Crippen LogP contribution >= 0.6 is 0 Å². The molecule has 3 aromatic rings. The summed E-state index contributed by atoms with van der Waals surface area (Å²) in [6.45, 7) is 0.293. The number of carboxylic acid groups (broad SMARTS) is 1. The van der Waals surface area contributed by atoms with Crippen molar-refractivity contribution in [3.05, 3.63) is 82.0 Å². The van der Waals surface area contributed by atoms with Crippen LogP contribution in [0.5, 0.6) is 0 Å². The predicted molar refractivity (Wildman–Crippen MR) is 125 cm³/mol. The number of rotatable bonds is 8. The molecule has 1 aliphatic heterocycles. The molecule has 1 aromatic heterocycles. The Bertz CT molecular complexity index is 1350. The molecule has 0 saturated carbocycles. The van der Waals surface area contributed by atoms with Crippen LogP contribution in [-0.2, 0) is 25.2 Å². The van der Waals surface area contributed by atoms with E-state index in [1.807, 2.05) is 0 Å². The highest BCUT2D eigenvalue weighted by Gasteiger charge is 2.44. The van der Waals surface area contributed by atoms with Gasteiger partial charge in [-0.25, -0.2) is 9.48 Å². The van der Waals surface area contributed by atoms with E-state index >= 15 is 0 Å². The SMILES string of the molecule is CC(NC(=O)c1c(C(F)(F)F)nn2c1N(Cc1cccc(C(F)(F)CO)c1)CC2)c1ccc(C(=O)O)cc1. The minimum absolute atomic E-state index is 0.0116. The first-order valence-corrected chi connectivity index (χ1v) is 11.5. The average Bonchev–Trinajstić information content (AvgIpc) is 3.44. The summed E-state index contributed by atoms with van der Waals surface area (Å²) in [6, 6.07) is 9.92. The van der Waals surface area contributed by atoms with Gasteiger partial charge in [-0.15, -0.1) is 0 Å². The lowest BCUT2D eigenvalue weighted by Crippen LogP contribution is -2.31. The molecule has 0 bridgehead atoms. The summed E-state index contributed by atoms with van der Waals surface area (Å²) in [4.78, 5) is 25.7. The molecule has 1 aliphatic rings. The number of nitrogens with one attached hydrogen (secondary N) is 1. The summed E-state index contributed by atoms with van der Waals surface area (Å²) in [5.41, 5.74) is -1.68. The number of benzene rings is 2. The molecule has 1 atom stereocenters. The summed E-state index contributed by atoms with van der Waals surface area (Å²) in [5.74, 6) is -5.77. The van der Waals surface area contributed by atoms with Gasteiger partial charge in [-0.05, 0) is 36.2 Å². The zero-order valence-corrected chi connectivity index (χ0v) is 20.0. The minimum atomic E-state index is -4.94. The number of aromatic nitrogens is 2. The van der Waals surface area contributed by atoms with Crippen LogP contribution in [0.2, 0.25) is 0 Å². The van der Waals surface area contributed by atoms with Gasteiger partial charge in [0.25, 0.3) is 11.8 Å². The lowest BCUT2D eigenvalue weighted by atomic mass is 10.0. The fourth-order valence-electron chi connectivity index (χ4n) is 4.29. The predicted octanol–water partition coefficient (Wildman–Crippen LogP) is 4.20. The molecule has 2 aromatic carbocycles. The molecular weight excluding hydrogens is 515 g/mol. The number of alkyl halides is 5. The highest BCUT2D eigenvalue weighted by Crippen LogP contribution is 2.39. The van der Waals surface area contributed by atoms with Crippen molar-refractivity contribution in [2.75, 3.05) is 18.1 Å². The number of fused-ring (bicyclic) bond motifs is 1. The number of hydrogen-bond acceptors (Lipinski definition) is 5. The fourth-order valence-corrected chi connectivity index (χ4v) is 4.29. The highest BCUT2D eigenvalue weighted by atomic mass is 19.4. The smallest absolute Gasteiger partial charge is 0.436 e. The van der Waals surface area contributed by atoms with E-state index in [0.717, 1.165) is 16.8 Å². The van der Waals surface area contributed by atoms with Gasteiger partial charge < -0.3 is 20.4 Å². The molecule has 2 heterocycles. The van der Waals surface area contributed by atoms with Crippen molar-refractivity contribution in [3.8, 4) is 0 Å². The maximum absolute atomic E-state index is 14.0. The van der Waals surface area contributed by atoms with Gasteiger partial charge in [-0.2, -0.15) is 27.1 Å². The van der Waals surface area contributed by atoms with E-state index in [1.165, 1.54) is 48.2 Å². The third-order valence-corrected chi connectivity index (χ3v) is 6.23. The molecule has 13 heteroatoms. The molecule has 8 nitrogen and oxygen atoms in total. The lowest BCUT2D eigenvalue weighted by molar-refractivity contribution is -0.141. The van der Waals surface area contributed by atoms with Crippen LogP contribution in [0, 0.1) is 0 Å². The fraction of sp³-hybridized carbons (Fsp3) is 0.320. The van der Waals surface area contributed by atoms with Crippen LogP contribution < -0.4 is 10.2 Å². The Kier molecular flexibility index (Phi) is 7.15. The molecule has 0 saturated heterocycles. The number of anilines is 1. The summed E-state index contributed by atoms with van der Waals surface area (Å²) in [6.07, 6.45) is -4.94. The van der Waals surface area contributed by atoms with Crippen molar-refractivity contribution >= 4 is 17.7 Å². The first-order valence-electron chi connectivity index (χ1n) is 11.5. The number of halogens is 5. The number of nitrogens with zero attached hydrogens (tertiary/aromatic N) is 3. The van der Waals surface area contributed by atoms with Crippen molar-refractivity contribution in [1.29, 1.82) is 0 Å². The zero-order valence-electron chi connectivity index (χ0n) is 20.0. The van der Waals surface area contributed by atoms with E-state index in [4.69, 9.17) is 10.2 Å². The number of aliphatic hydroxyl groups excluding tert-OH is 1. The first-order chi connectivity index (χ1) is 17.8. The van der Waals surface area contributed by atoms with E-state index < -0.39 is 53.4 Å². The third-order valence-electron chi connectivity index (χ3n) is 6.23. The van der Waals surface area contributed by atoms with Crippen molar-refractivity contribution < 1.29 is 41.8 Å². The number of aliphatic hydroxyl groups is 1. The number of carboxylic acids is 1. The van der Waals surface area contributed by atoms with E-state index in [0.29, 0.717) is 11.1 Å². The van der Waals surface area contributed by atoms with E-state index in [1.54, 1.807) is 0 Å². The number of aromatic carboxylic acids is 1. The molecule has 0 aliphatic carbocycles. The van der Waals surface area contributed by atoms with Crippen LogP contribution in [0.1, 0.15) is 56.1 Å². The van der Waals surface area contributed by atoms with Crippen LogP contribution in [0.15, 0.2) is 48.5 Å². The normalized spacial score (nSPS) is 14.3. The third kappa shape index (κ3) is 5.32. The molecule has 1 unspecified atom stereocenters. The van der Waals surface area contributed by atoms with Crippen molar-refractivity contribution in [1.82, 2.24) is 15.1 Å². The molecule has 0 radical (unpaired) electrons. The van der Waals surface area contributed by atoms with Crippen LogP contribution in [-0.4, -0.2) is 45.0 Å². The summed E-state index contributed by atoms with van der Waals surface area (Å²) < 4.78 is 70.6. The molecule has 202 valence electrons. The number of amides is 1. The standard InChI is InChI=1S/C25H23F5N4O4/c1-14(16-5-7-17(8-6-16)23(37)38)31-21(36)19-20(25(28,29)30)32-34-10-9-33(22(19)34)12-15-3-2-4-18(11-15)24(26,27)13-35/h2-8,11,14,35H,9-10,12-13H2,1H3,(H,31,36)(H,37,38). The van der Waals surface area contributed by atoms with Gasteiger partial charge in [0.2, 0.25) is 0 Å². The van der Waals surface area contributed by atoms with Crippen molar-refractivity contribution in [3.63, 3.8) is 0 Å². The summed E-state index contributed by atoms with van der Waals surface area (Å²) in [5, 5.41) is 24.2. The maximum atomic E-state index is 14.0. The van der Waals surface area contributed by atoms with Crippen molar-refractivity contribution in [2.45, 2.75) is 38.2 Å². The van der Waals surface area contributed by atoms with Gasteiger partial charge in [0.05, 0.1) is 18.2 Å². The number of hydrogen-bond donors (Lipinski definition) is 3. The molecule has 3 N–H and O–H groups in total. The average molecular weight is 538 g/mol. The molecule has 4 rings (SSSR count). The molecule has 0 fully saturated rings. The van der Waals surface area contributed by atoms with Crippen LogP contribution in [0.4, 0.5) is 27.8 Å². The summed E-state index contributed by atoms with van der Waals surface area (Å²) in [7, 11) is 0. The second-order valence-corrected chi connectivity index (χ2v) is 8.87. The first kappa shape index (κ1) is 27.0. The van der Waals surface area contributed by atoms with Crippen molar-refractivity contribution in [2.24, 2.45) is 0 Å². The monoisotopic (exact) mass is 538 g/mol. The van der Waals surface area contributed by atoms with Gasteiger partial charge in [0.1, 0.15) is 18.0 Å². The lowest BCUT2D eigenvalue weighted by Gasteiger charge is -2.22. The topological polar surface area (TPSA) is 108 Å². The number of carbonyl (C=O) groups is 2. The van der Waals surface area contributed by atoms with E-state index in [-0.39, 0.29) is 31.0 Å². The van der Waals surface area contributed by atoms with E-state index in [9.17, 15) is 31.5 Å². The van der Waals surface area contributed by atoms with Gasteiger partial charge >= 0.3 is 12.1 Å². The Labute approximate surface area is 213 Å². The Balaban J connectivity index is 1.64. The van der Waals surface area contributed by atoms with E-state index in [2.05, 4.69) is 10.4 Å². The minimum Gasteiger partial charge on any atom is -0.478 e. The molecular formula is C25H23F5N4O4. The van der Waals surface area contributed by atoms with Gasteiger partial charge in [-0.1, -0.05) is 30.3 Å². The number of carbonyl (C=O) groups excluding carboxylic acids is 1. The maximum Gasteiger partial charge on any atom is 0.436 e. The Morgan fingerprint density at radius 3 is 2.37 bits per heavy atom. The summed E-state index contributed by atoms with van der Waals surface area (Å²) >= 11 is 0. The molecule has 1 amide bonds.